The number of ether oxygens (including phenoxy) is 1. The molecule has 0 spiro atoms. The molecule has 0 unspecified atom stereocenters. The van der Waals surface area contributed by atoms with Crippen LogP contribution in [0.1, 0.15) is 53.2 Å². The second kappa shape index (κ2) is 9.22. The maximum Gasteiger partial charge on any atom is 0.410 e. The van der Waals surface area contributed by atoms with Crippen molar-refractivity contribution in [3.8, 4) is 0 Å². The summed E-state index contributed by atoms with van der Waals surface area (Å²) >= 11 is 0. The summed E-state index contributed by atoms with van der Waals surface area (Å²) in [6.45, 7) is 10.9. The summed E-state index contributed by atoms with van der Waals surface area (Å²) in [5.74, 6) is 0. The molecule has 0 saturated carbocycles. The number of rotatable bonds is 5. The average molecular weight is 447 g/mol. The Labute approximate surface area is 188 Å². The van der Waals surface area contributed by atoms with E-state index in [1.165, 1.54) is 18.0 Å². The molecule has 32 heavy (non-hydrogen) atoms. The van der Waals surface area contributed by atoms with Crippen molar-refractivity contribution in [2.75, 3.05) is 25.1 Å². The first-order chi connectivity index (χ1) is 15.1. The molecular weight excluding hydrogens is 412 g/mol. The molecule has 176 valence electrons. The third-order valence-corrected chi connectivity index (χ3v) is 5.70. The van der Waals surface area contributed by atoms with Gasteiger partial charge in [0.2, 0.25) is 0 Å². The number of aromatic nitrogens is 3. The van der Waals surface area contributed by atoms with Gasteiger partial charge in [0.1, 0.15) is 18.4 Å². The Morgan fingerprint density at radius 2 is 1.94 bits per heavy atom. The Bertz CT molecular complexity index is 1050. The van der Waals surface area contributed by atoms with E-state index in [4.69, 9.17) is 9.57 Å². The Kier molecular flexibility index (Phi) is 6.80. The molecule has 1 fully saturated rings. The Morgan fingerprint density at radius 1 is 1.25 bits per heavy atom. The van der Waals surface area contributed by atoms with E-state index in [1.807, 2.05) is 25.7 Å². The van der Waals surface area contributed by atoms with Crippen molar-refractivity contribution in [2.24, 2.45) is 12.2 Å². The summed E-state index contributed by atoms with van der Waals surface area (Å²) in [5, 5.41) is 3.79. The fourth-order valence-corrected chi connectivity index (χ4v) is 4.04. The van der Waals surface area contributed by atoms with Crippen LogP contribution < -0.4 is 10.5 Å². The minimum absolute atomic E-state index is 0.0222. The van der Waals surface area contributed by atoms with Crippen LogP contribution in [0.25, 0.3) is 5.65 Å². The molecule has 0 bridgehead atoms. The Morgan fingerprint density at radius 3 is 2.53 bits per heavy atom. The van der Waals surface area contributed by atoms with Crippen LogP contribution in [-0.4, -0.2) is 69.3 Å². The number of anilines is 1. The molecule has 1 amide bonds. The first-order valence-corrected chi connectivity index (χ1v) is 11.0. The second-order valence-corrected chi connectivity index (χ2v) is 9.05. The predicted octanol–water partition coefficient (Wildman–Crippen LogP) is 2.63. The third-order valence-electron chi connectivity index (χ3n) is 5.70. The van der Waals surface area contributed by atoms with Crippen molar-refractivity contribution in [1.82, 2.24) is 19.1 Å². The molecule has 1 aliphatic rings. The highest BCUT2D eigenvalue weighted by molar-refractivity contribution is 5.80. The van der Waals surface area contributed by atoms with Crippen molar-refractivity contribution in [1.29, 1.82) is 0 Å². The number of carbonyl (C=O) groups is 1. The third kappa shape index (κ3) is 4.73. The molecule has 1 saturated heterocycles. The summed E-state index contributed by atoms with van der Waals surface area (Å²) in [6.07, 6.45) is 4.53. The number of oxime groups is 1. The fourth-order valence-electron chi connectivity index (χ4n) is 4.04. The van der Waals surface area contributed by atoms with Crippen LogP contribution in [0.4, 0.5) is 10.5 Å². The van der Waals surface area contributed by atoms with Gasteiger partial charge in [-0.05, 0) is 33.6 Å². The van der Waals surface area contributed by atoms with Crippen LogP contribution in [0.2, 0.25) is 0 Å². The van der Waals surface area contributed by atoms with Gasteiger partial charge in [-0.15, -0.1) is 0 Å². The summed E-state index contributed by atoms with van der Waals surface area (Å²) < 4.78 is 8.89. The van der Waals surface area contributed by atoms with Gasteiger partial charge in [0.05, 0.1) is 24.1 Å². The van der Waals surface area contributed by atoms with Crippen molar-refractivity contribution in [3.05, 3.63) is 28.3 Å². The molecule has 3 rings (SSSR count). The molecule has 2 aromatic heterocycles. The average Bonchev–Trinajstić information content (AvgIpc) is 3.17. The lowest BCUT2D eigenvalue weighted by Gasteiger charge is -2.47. The Hall–Kier alpha value is -3.04. The minimum atomic E-state index is -0.554. The summed E-state index contributed by atoms with van der Waals surface area (Å²) in [4.78, 5) is 39.1. The van der Waals surface area contributed by atoms with E-state index >= 15 is 0 Å². The van der Waals surface area contributed by atoms with Gasteiger partial charge in [-0.2, -0.15) is 0 Å². The zero-order chi connectivity index (χ0) is 23.6. The highest BCUT2D eigenvalue weighted by Gasteiger charge is 2.38. The van der Waals surface area contributed by atoms with Crippen molar-refractivity contribution < 1.29 is 14.4 Å². The normalized spacial score (nSPS) is 19.7. The van der Waals surface area contributed by atoms with Crippen molar-refractivity contribution in [3.63, 3.8) is 0 Å². The van der Waals surface area contributed by atoms with Gasteiger partial charge >= 0.3 is 6.09 Å². The van der Waals surface area contributed by atoms with E-state index in [9.17, 15) is 9.59 Å². The highest BCUT2D eigenvalue weighted by Crippen LogP contribution is 2.29. The molecule has 2 aromatic rings. The molecule has 1 aliphatic heterocycles. The molecule has 0 radical (unpaired) electrons. The largest absolute Gasteiger partial charge is 0.444 e. The van der Waals surface area contributed by atoms with E-state index < -0.39 is 5.60 Å². The number of carbonyl (C=O) groups excluding carboxylic acids is 1. The standard InChI is InChI=1S/C22H34N6O4/c1-8-16-14-27(21(30)32-22(3,4)5)17(9-2)13-26(16)18-10-19(29)25(6)28-12-15(11-23-31-7)24-20(18)28/h10-12,16-17H,8-9,13-14H2,1-7H3/t16-,17+/m0/s1. The monoisotopic (exact) mass is 446 g/mol. The lowest BCUT2D eigenvalue weighted by molar-refractivity contribution is 0.00989. The lowest BCUT2D eigenvalue weighted by atomic mass is 10.0. The molecule has 3 heterocycles. The van der Waals surface area contributed by atoms with Gasteiger partial charge in [-0.1, -0.05) is 19.0 Å². The van der Waals surface area contributed by atoms with E-state index in [2.05, 4.69) is 28.9 Å². The molecular formula is C22H34N6O4. The SMILES string of the molecule is CC[C@@H]1CN(c2cc(=O)n(C)n3cc(C=NOC)nc23)[C@@H](CC)CN1C(=O)OC(C)(C)C. The van der Waals surface area contributed by atoms with E-state index in [0.717, 1.165) is 18.5 Å². The van der Waals surface area contributed by atoms with Gasteiger partial charge in [0.25, 0.3) is 5.56 Å². The summed E-state index contributed by atoms with van der Waals surface area (Å²) in [6, 6.07) is 1.60. The molecule has 0 aliphatic carbocycles. The summed E-state index contributed by atoms with van der Waals surface area (Å²) in [5.41, 5.74) is 1.30. The van der Waals surface area contributed by atoms with E-state index in [1.54, 1.807) is 23.8 Å². The summed E-state index contributed by atoms with van der Waals surface area (Å²) in [7, 11) is 3.17. The van der Waals surface area contributed by atoms with Crippen molar-refractivity contribution >= 4 is 23.6 Å². The fraction of sp³-hybridized carbons (Fsp3) is 0.636. The van der Waals surface area contributed by atoms with Crippen LogP contribution in [0.3, 0.4) is 0 Å². The zero-order valence-electron chi connectivity index (χ0n) is 20.0. The number of nitrogens with zero attached hydrogens (tertiary/aromatic N) is 6. The minimum Gasteiger partial charge on any atom is -0.444 e. The molecule has 0 N–H and O–H groups in total. The van der Waals surface area contributed by atoms with Gasteiger partial charge < -0.3 is 19.4 Å². The highest BCUT2D eigenvalue weighted by atomic mass is 16.6. The number of hydrogen-bond acceptors (Lipinski definition) is 7. The quantitative estimate of drug-likeness (QED) is 0.518. The smallest absolute Gasteiger partial charge is 0.410 e. The van der Waals surface area contributed by atoms with Crippen LogP contribution in [0.5, 0.6) is 0 Å². The van der Waals surface area contributed by atoms with Crippen LogP contribution in [0, 0.1) is 0 Å². The first-order valence-electron chi connectivity index (χ1n) is 11.0. The lowest BCUT2D eigenvalue weighted by Crippen LogP contribution is -2.60. The number of amides is 1. The maximum atomic E-state index is 12.9. The number of hydrogen-bond donors (Lipinski definition) is 0. The van der Waals surface area contributed by atoms with Crippen LogP contribution >= 0.6 is 0 Å². The topological polar surface area (TPSA) is 93.7 Å². The van der Waals surface area contributed by atoms with E-state index in [-0.39, 0.29) is 23.7 Å². The molecule has 0 aromatic carbocycles. The van der Waals surface area contributed by atoms with Crippen LogP contribution in [0.15, 0.2) is 22.2 Å². The Balaban J connectivity index is 2.02. The number of piperazine rings is 1. The molecule has 10 nitrogen and oxygen atoms in total. The van der Waals surface area contributed by atoms with Gasteiger partial charge in [-0.25, -0.2) is 19.0 Å². The number of fused-ring (bicyclic) bond motifs is 1. The van der Waals surface area contributed by atoms with Gasteiger partial charge in [0.15, 0.2) is 5.65 Å². The first kappa shape index (κ1) is 23.6. The van der Waals surface area contributed by atoms with Gasteiger partial charge in [-0.3, -0.25) is 4.79 Å². The molecule has 10 heteroatoms. The zero-order valence-corrected chi connectivity index (χ0v) is 20.0. The number of imidazole rings is 1. The second-order valence-electron chi connectivity index (χ2n) is 9.05. The predicted molar refractivity (Wildman–Crippen MR) is 123 cm³/mol. The van der Waals surface area contributed by atoms with Crippen LogP contribution in [-0.2, 0) is 16.6 Å². The molecule has 2 atom stereocenters. The maximum absolute atomic E-state index is 12.9. The van der Waals surface area contributed by atoms with E-state index in [0.29, 0.717) is 24.4 Å². The van der Waals surface area contributed by atoms with Crippen molar-refractivity contribution in [2.45, 2.75) is 65.1 Å². The van der Waals surface area contributed by atoms with Gasteiger partial charge in [0, 0.05) is 32.2 Å². The number of aryl methyl sites for hydroxylation is 1.